The highest BCUT2D eigenvalue weighted by atomic mass is 16.3. The summed E-state index contributed by atoms with van der Waals surface area (Å²) in [7, 11) is 0. The first-order chi connectivity index (χ1) is 17.1. The monoisotopic (exact) mass is 461 g/mol. The zero-order valence-corrected chi connectivity index (χ0v) is 19.2. The molecule has 35 heavy (non-hydrogen) atoms. The predicted octanol–water partition coefficient (Wildman–Crippen LogP) is 5.33. The highest BCUT2D eigenvalue weighted by Gasteiger charge is 2.41. The van der Waals surface area contributed by atoms with Crippen molar-refractivity contribution in [3.05, 3.63) is 102 Å². The number of carbonyl (C=O) groups excluding carboxylic acids is 2. The van der Waals surface area contributed by atoms with Crippen molar-refractivity contribution in [2.24, 2.45) is 0 Å². The van der Waals surface area contributed by atoms with E-state index >= 15 is 0 Å². The van der Waals surface area contributed by atoms with Crippen molar-refractivity contribution in [2.75, 3.05) is 0 Å². The minimum absolute atomic E-state index is 0.125. The first-order valence-corrected chi connectivity index (χ1v) is 11.6. The van der Waals surface area contributed by atoms with Crippen LogP contribution < -0.4 is 0 Å². The molecule has 2 aromatic heterocycles. The molecule has 0 fully saturated rings. The first-order valence-electron chi connectivity index (χ1n) is 11.6. The maximum atomic E-state index is 13.9. The van der Waals surface area contributed by atoms with Gasteiger partial charge in [-0.05, 0) is 36.8 Å². The van der Waals surface area contributed by atoms with E-state index in [4.69, 9.17) is 0 Å². The predicted molar refractivity (Wildman–Crippen MR) is 136 cm³/mol. The molecular formula is C29H23N3O3. The Balaban J connectivity index is 1.58. The average molecular weight is 462 g/mol. The minimum atomic E-state index is -0.323. The molecule has 2 N–H and O–H groups in total. The van der Waals surface area contributed by atoms with E-state index in [-0.39, 0.29) is 24.1 Å². The number of hydrogen-bond acceptors (Lipinski definition) is 3. The number of aromatic amines is 1. The van der Waals surface area contributed by atoms with Gasteiger partial charge in [0.25, 0.3) is 11.8 Å². The Kier molecular flexibility index (Phi) is 4.81. The summed E-state index contributed by atoms with van der Waals surface area (Å²) in [5, 5.41) is 11.5. The third-order valence-corrected chi connectivity index (χ3v) is 6.70. The highest BCUT2D eigenvalue weighted by Crippen LogP contribution is 2.41. The number of benzene rings is 3. The fourth-order valence-corrected chi connectivity index (χ4v) is 4.99. The zero-order chi connectivity index (χ0) is 24.1. The number of amides is 2. The molecule has 0 radical (unpaired) electrons. The zero-order valence-electron chi connectivity index (χ0n) is 19.2. The Bertz CT molecular complexity index is 1650. The number of aromatic nitrogens is 2. The van der Waals surface area contributed by atoms with Gasteiger partial charge in [0.15, 0.2) is 0 Å². The molecule has 3 aromatic carbocycles. The van der Waals surface area contributed by atoms with E-state index in [0.29, 0.717) is 11.1 Å². The number of rotatable bonds is 5. The summed E-state index contributed by atoms with van der Waals surface area (Å²) in [6.07, 6.45) is 3.79. The van der Waals surface area contributed by atoms with Crippen LogP contribution in [0.15, 0.2) is 85.2 Å². The number of carbonyl (C=O) groups is 2. The van der Waals surface area contributed by atoms with Gasteiger partial charge in [-0.1, -0.05) is 48.5 Å². The number of nitrogens with one attached hydrogen (secondary N) is 1. The number of fused-ring (bicyclic) bond motifs is 2. The Hall–Kier alpha value is -4.58. The number of nitrogens with zero attached hydrogens (tertiary/aromatic N) is 2. The third kappa shape index (κ3) is 3.26. The molecule has 0 bridgehead atoms. The van der Waals surface area contributed by atoms with Crippen LogP contribution in [0.4, 0.5) is 0 Å². The van der Waals surface area contributed by atoms with E-state index in [1.807, 2.05) is 60.9 Å². The van der Waals surface area contributed by atoms with Crippen molar-refractivity contribution in [3.8, 4) is 5.75 Å². The molecule has 0 saturated carbocycles. The number of aryl methyl sites for hydroxylation is 1. The minimum Gasteiger partial charge on any atom is -0.508 e. The van der Waals surface area contributed by atoms with Gasteiger partial charge >= 0.3 is 0 Å². The molecule has 0 spiro atoms. The number of hydrogen-bond donors (Lipinski definition) is 2. The van der Waals surface area contributed by atoms with Crippen LogP contribution in [0.5, 0.6) is 5.75 Å². The smallest absolute Gasteiger partial charge is 0.262 e. The molecule has 6 rings (SSSR count). The molecule has 1 aliphatic rings. The molecule has 6 heteroatoms. The van der Waals surface area contributed by atoms with Gasteiger partial charge in [-0.2, -0.15) is 0 Å². The molecule has 1 aliphatic heterocycles. The fourth-order valence-electron chi connectivity index (χ4n) is 4.99. The molecule has 5 aromatic rings. The van der Waals surface area contributed by atoms with Crippen molar-refractivity contribution in [3.63, 3.8) is 0 Å². The van der Waals surface area contributed by atoms with Gasteiger partial charge in [-0.3, -0.25) is 14.5 Å². The lowest BCUT2D eigenvalue weighted by atomic mass is 9.95. The maximum Gasteiger partial charge on any atom is 0.262 e. The van der Waals surface area contributed by atoms with Gasteiger partial charge in [0, 0.05) is 51.9 Å². The van der Waals surface area contributed by atoms with E-state index < -0.39 is 0 Å². The van der Waals surface area contributed by atoms with Crippen molar-refractivity contribution < 1.29 is 14.7 Å². The molecular weight excluding hydrogens is 438 g/mol. The van der Waals surface area contributed by atoms with E-state index in [2.05, 4.69) is 16.5 Å². The van der Waals surface area contributed by atoms with Gasteiger partial charge < -0.3 is 14.7 Å². The Labute approximate surface area is 201 Å². The number of phenolic OH excluding ortho intramolecular Hbond substituents is 1. The number of H-pyrrole nitrogens is 1. The summed E-state index contributed by atoms with van der Waals surface area (Å²) in [5.74, 6) is -0.503. The van der Waals surface area contributed by atoms with Gasteiger partial charge in [-0.15, -0.1) is 0 Å². The second-order valence-corrected chi connectivity index (χ2v) is 8.71. The maximum absolute atomic E-state index is 13.9. The molecule has 172 valence electrons. The van der Waals surface area contributed by atoms with Crippen LogP contribution in [0.1, 0.15) is 23.6 Å². The van der Waals surface area contributed by atoms with Crippen LogP contribution >= 0.6 is 0 Å². The summed E-state index contributed by atoms with van der Waals surface area (Å²) in [6, 6.07) is 22.3. The fraction of sp³-hybridized carbons (Fsp3) is 0.103. The van der Waals surface area contributed by atoms with E-state index in [0.717, 1.165) is 45.0 Å². The Morgan fingerprint density at radius 3 is 2.20 bits per heavy atom. The average Bonchev–Trinajstić information content (AvgIpc) is 3.53. The first kappa shape index (κ1) is 21.0. The van der Waals surface area contributed by atoms with Crippen molar-refractivity contribution >= 4 is 44.8 Å². The van der Waals surface area contributed by atoms with Crippen LogP contribution in [-0.2, 0) is 22.7 Å². The molecule has 2 amide bonds. The Morgan fingerprint density at radius 2 is 1.46 bits per heavy atom. The van der Waals surface area contributed by atoms with Crippen molar-refractivity contribution in [2.45, 2.75) is 20.0 Å². The second-order valence-electron chi connectivity index (χ2n) is 8.71. The SMILES string of the molecule is CCn1cc(C2=C(c3c[nH]c4ccccc34)C(=O)N(Cc3ccc(O)cc3)C2=O)c2ccccc21. The molecule has 0 saturated heterocycles. The van der Waals surface area contributed by atoms with Gasteiger partial charge in [0.05, 0.1) is 17.7 Å². The second kappa shape index (κ2) is 8.02. The Morgan fingerprint density at radius 1 is 0.800 bits per heavy atom. The lowest BCUT2D eigenvalue weighted by molar-refractivity contribution is -0.136. The van der Waals surface area contributed by atoms with E-state index in [1.165, 1.54) is 4.90 Å². The topological polar surface area (TPSA) is 78.3 Å². The molecule has 0 unspecified atom stereocenters. The summed E-state index contributed by atoms with van der Waals surface area (Å²) >= 11 is 0. The van der Waals surface area contributed by atoms with Crippen LogP contribution in [0.2, 0.25) is 0 Å². The van der Waals surface area contributed by atoms with E-state index in [1.54, 1.807) is 24.3 Å². The van der Waals surface area contributed by atoms with Crippen LogP contribution in [0, 0.1) is 0 Å². The standard InChI is InChI=1S/C29H23N3O3/c1-2-31-17-23(21-8-4-6-10-25(21)31)27-26(22-15-30-24-9-5-3-7-20(22)24)28(34)32(29(27)35)16-18-11-13-19(33)14-12-18/h3-15,17,30,33H,2,16H2,1H3. The largest absolute Gasteiger partial charge is 0.508 e. The number of para-hydroxylation sites is 2. The quantitative estimate of drug-likeness (QED) is 0.347. The van der Waals surface area contributed by atoms with Gasteiger partial charge in [-0.25, -0.2) is 0 Å². The molecule has 0 atom stereocenters. The lowest BCUT2D eigenvalue weighted by Gasteiger charge is -2.15. The normalized spacial score (nSPS) is 14.1. The van der Waals surface area contributed by atoms with Crippen molar-refractivity contribution in [1.29, 1.82) is 0 Å². The molecule has 0 aliphatic carbocycles. The lowest BCUT2D eigenvalue weighted by Crippen LogP contribution is -2.30. The van der Waals surface area contributed by atoms with Crippen molar-refractivity contribution in [1.82, 2.24) is 14.5 Å². The number of imide groups is 1. The summed E-state index contributed by atoms with van der Waals surface area (Å²) in [6.45, 7) is 2.93. The number of aromatic hydroxyl groups is 1. The third-order valence-electron chi connectivity index (χ3n) is 6.70. The van der Waals surface area contributed by atoms with Gasteiger partial charge in [0.2, 0.25) is 0 Å². The van der Waals surface area contributed by atoms with Crippen LogP contribution in [0.3, 0.4) is 0 Å². The summed E-state index contributed by atoms with van der Waals surface area (Å²) in [5.41, 5.74) is 4.99. The number of phenols is 1. The van der Waals surface area contributed by atoms with E-state index in [9.17, 15) is 14.7 Å². The molecule has 6 nitrogen and oxygen atoms in total. The summed E-state index contributed by atoms with van der Waals surface area (Å²) in [4.78, 5) is 32.4. The van der Waals surface area contributed by atoms with Gasteiger partial charge in [0.1, 0.15) is 5.75 Å². The highest BCUT2D eigenvalue weighted by molar-refractivity contribution is 6.50. The van der Waals surface area contributed by atoms with Crippen LogP contribution in [-0.4, -0.2) is 31.4 Å². The molecule has 3 heterocycles. The van der Waals surface area contributed by atoms with Crippen LogP contribution in [0.25, 0.3) is 33.0 Å². The summed E-state index contributed by atoms with van der Waals surface area (Å²) < 4.78 is 2.10.